The fourth-order valence-electron chi connectivity index (χ4n) is 4.06. The number of carbonyl (C=O) groups is 2. The number of likely N-dealkylation sites (tertiary alicyclic amines) is 1. The fraction of sp³-hybridized carbons (Fsp3) is 0.474. The number of hydrogen-bond donors (Lipinski definition) is 0. The van der Waals surface area contributed by atoms with E-state index in [1.807, 2.05) is 6.07 Å². The van der Waals surface area contributed by atoms with E-state index in [9.17, 15) is 28.0 Å². The van der Waals surface area contributed by atoms with Gasteiger partial charge in [0.1, 0.15) is 6.07 Å². The molecular formula is C19H18F3N3O2. The smallest absolute Gasteiger partial charge is 0.338 e. The molecule has 1 aliphatic carbocycles. The molecule has 0 saturated carbocycles. The van der Waals surface area contributed by atoms with E-state index >= 15 is 0 Å². The minimum absolute atomic E-state index is 0.0845. The first-order chi connectivity index (χ1) is 12.5. The van der Waals surface area contributed by atoms with Gasteiger partial charge in [-0.15, -0.1) is 0 Å². The maximum Gasteiger partial charge on any atom is 0.417 e. The number of pyridine rings is 1. The number of alkyl halides is 3. The highest BCUT2D eigenvalue weighted by Gasteiger charge is 2.49. The third-order valence-corrected chi connectivity index (χ3v) is 5.21. The monoisotopic (exact) mass is 377 g/mol. The number of hydrogen-bond acceptors (Lipinski definition) is 4. The molecule has 0 radical (unpaired) electrons. The second kappa shape index (κ2) is 6.19. The van der Waals surface area contributed by atoms with Crippen molar-refractivity contribution in [3.05, 3.63) is 41.2 Å². The summed E-state index contributed by atoms with van der Waals surface area (Å²) in [5.74, 6) is -0.755. The summed E-state index contributed by atoms with van der Waals surface area (Å²) in [6.45, 7) is 4.13. The molecule has 1 saturated heterocycles. The number of ketones is 1. The largest absolute Gasteiger partial charge is 0.417 e. The van der Waals surface area contributed by atoms with E-state index in [1.54, 1.807) is 19.9 Å². The quantitative estimate of drug-likeness (QED) is 0.752. The van der Waals surface area contributed by atoms with Crippen molar-refractivity contribution < 1.29 is 22.8 Å². The highest BCUT2D eigenvalue weighted by atomic mass is 19.4. The molecule has 1 atom stereocenters. The Hall–Kier alpha value is -2.69. The Morgan fingerprint density at radius 2 is 2.04 bits per heavy atom. The van der Waals surface area contributed by atoms with Crippen molar-refractivity contribution in [3.63, 3.8) is 0 Å². The summed E-state index contributed by atoms with van der Waals surface area (Å²) >= 11 is 0. The molecule has 1 fully saturated rings. The van der Waals surface area contributed by atoms with Gasteiger partial charge in [0.25, 0.3) is 5.91 Å². The van der Waals surface area contributed by atoms with Gasteiger partial charge >= 0.3 is 6.18 Å². The van der Waals surface area contributed by atoms with Crippen LogP contribution in [0.2, 0.25) is 0 Å². The van der Waals surface area contributed by atoms with Crippen LogP contribution in [-0.4, -0.2) is 34.7 Å². The molecule has 5 nitrogen and oxygen atoms in total. The van der Waals surface area contributed by atoms with Gasteiger partial charge in [-0.25, -0.2) is 0 Å². The van der Waals surface area contributed by atoms with E-state index in [0.29, 0.717) is 25.6 Å². The molecule has 0 N–H and O–H groups in total. The normalized spacial score (nSPS) is 24.7. The van der Waals surface area contributed by atoms with Crippen LogP contribution < -0.4 is 0 Å². The average Bonchev–Trinajstić information content (AvgIpc) is 2.99. The van der Waals surface area contributed by atoms with Gasteiger partial charge in [-0.2, -0.15) is 18.4 Å². The minimum atomic E-state index is -4.58. The summed E-state index contributed by atoms with van der Waals surface area (Å²) in [6.07, 6.45) is -0.111. The first-order valence-electron chi connectivity index (χ1n) is 8.47. The van der Waals surface area contributed by atoms with Gasteiger partial charge in [0.2, 0.25) is 0 Å². The van der Waals surface area contributed by atoms with Crippen LogP contribution in [0.15, 0.2) is 30.1 Å². The maximum absolute atomic E-state index is 12.9. The van der Waals surface area contributed by atoms with E-state index in [2.05, 4.69) is 4.98 Å². The van der Waals surface area contributed by atoms with Crippen molar-refractivity contribution in [1.82, 2.24) is 9.88 Å². The summed E-state index contributed by atoms with van der Waals surface area (Å²) in [5.41, 5.74) is -2.26. The molecule has 1 aromatic rings. The molecule has 8 heteroatoms. The van der Waals surface area contributed by atoms with Crippen molar-refractivity contribution in [3.8, 4) is 6.07 Å². The molecule has 2 aliphatic rings. The van der Waals surface area contributed by atoms with Crippen LogP contribution in [0.3, 0.4) is 0 Å². The lowest BCUT2D eigenvalue weighted by molar-refractivity contribution is -0.137. The van der Waals surface area contributed by atoms with E-state index < -0.39 is 28.5 Å². The van der Waals surface area contributed by atoms with E-state index in [-0.39, 0.29) is 23.5 Å². The Labute approximate surface area is 154 Å². The van der Waals surface area contributed by atoms with Gasteiger partial charge in [-0.3, -0.25) is 14.6 Å². The van der Waals surface area contributed by atoms with Gasteiger partial charge < -0.3 is 4.90 Å². The third kappa shape index (κ3) is 3.46. The fourth-order valence-corrected chi connectivity index (χ4v) is 4.06. The molecule has 1 spiro atoms. The predicted octanol–water partition coefficient (Wildman–Crippen LogP) is 3.38. The Morgan fingerprint density at radius 3 is 2.67 bits per heavy atom. The summed E-state index contributed by atoms with van der Waals surface area (Å²) < 4.78 is 38.6. The number of rotatable bonds is 1. The number of nitriles is 1. The zero-order chi connectivity index (χ0) is 20.0. The van der Waals surface area contributed by atoms with Gasteiger partial charge in [0.15, 0.2) is 5.78 Å². The van der Waals surface area contributed by atoms with Crippen molar-refractivity contribution in [1.29, 1.82) is 5.26 Å². The van der Waals surface area contributed by atoms with Crippen molar-refractivity contribution >= 4 is 11.7 Å². The second-order valence-electron chi connectivity index (χ2n) is 7.86. The molecule has 0 aromatic carbocycles. The summed E-state index contributed by atoms with van der Waals surface area (Å²) in [5, 5.41) is 9.26. The van der Waals surface area contributed by atoms with Crippen molar-refractivity contribution in [2.24, 2.45) is 10.8 Å². The first-order valence-corrected chi connectivity index (χ1v) is 8.47. The Balaban J connectivity index is 1.86. The molecule has 3 rings (SSSR count). The number of carbonyl (C=O) groups excluding carboxylic acids is 2. The van der Waals surface area contributed by atoms with Crippen LogP contribution in [0.1, 0.15) is 42.6 Å². The van der Waals surface area contributed by atoms with Crippen LogP contribution in [0.4, 0.5) is 13.2 Å². The topological polar surface area (TPSA) is 74.1 Å². The van der Waals surface area contributed by atoms with Gasteiger partial charge in [0, 0.05) is 36.3 Å². The molecule has 1 aliphatic heterocycles. The molecule has 1 aromatic heterocycles. The van der Waals surface area contributed by atoms with Gasteiger partial charge in [0.05, 0.1) is 16.7 Å². The van der Waals surface area contributed by atoms with Crippen LogP contribution in [-0.2, 0) is 11.0 Å². The number of aromatic nitrogens is 1. The average molecular weight is 377 g/mol. The molecule has 2 heterocycles. The van der Waals surface area contributed by atoms with Crippen LogP contribution >= 0.6 is 0 Å². The number of nitrogens with zero attached hydrogens (tertiary/aromatic N) is 3. The summed E-state index contributed by atoms with van der Waals surface area (Å²) in [7, 11) is 0. The zero-order valence-electron chi connectivity index (χ0n) is 14.9. The SMILES string of the molecule is CC1(C)C[C@]2(C=C(C#N)C1=O)CCN(C(=O)c1cncc(C(F)(F)F)c1)C2. The maximum atomic E-state index is 12.9. The summed E-state index contributed by atoms with van der Waals surface area (Å²) in [6, 6.07) is 2.73. The molecule has 0 bridgehead atoms. The molecule has 1 amide bonds. The number of Topliss-reactive ketones (excluding diaryl/α,β-unsaturated/α-hetero) is 1. The number of allylic oxidation sites excluding steroid dienone is 1. The first kappa shape index (κ1) is 19.1. The third-order valence-electron chi connectivity index (χ3n) is 5.21. The van der Waals surface area contributed by atoms with E-state index in [4.69, 9.17) is 0 Å². The lowest BCUT2D eigenvalue weighted by Crippen LogP contribution is -2.40. The number of halogens is 3. The van der Waals surface area contributed by atoms with E-state index in [1.165, 1.54) is 4.90 Å². The Kier molecular flexibility index (Phi) is 4.37. The highest BCUT2D eigenvalue weighted by Crippen LogP contribution is 2.48. The molecule has 142 valence electrons. The Morgan fingerprint density at radius 1 is 1.33 bits per heavy atom. The zero-order valence-corrected chi connectivity index (χ0v) is 14.9. The lowest BCUT2D eigenvalue weighted by atomic mass is 9.64. The lowest BCUT2D eigenvalue weighted by Gasteiger charge is -2.38. The highest BCUT2D eigenvalue weighted by molar-refractivity contribution is 6.03. The standard InChI is InChI=1S/C19H18F3N3O2/c1-17(2)10-18(6-13(7-23)15(17)26)3-4-25(11-18)16(27)12-5-14(9-24-8-12)19(20,21)22/h5-6,8-9H,3-4,10-11H2,1-2H3/t18-/m1/s1. The minimum Gasteiger partial charge on any atom is -0.338 e. The van der Waals surface area contributed by atoms with E-state index in [0.717, 1.165) is 12.3 Å². The second-order valence-corrected chi connectivity index (χ2v) is 7.86. The van der Waals surface area contributed by atoms with Crippen LogP contribution in [0.5, 0.6) is 0 Å². The van der Waals surface area contributed by atoms with Crippen molar-refractivity contribution in [2.45, 2.75) is 32.9 Å². The predicted molar refractivity (Wildman–Crippen MR) is 89.3 cm³/mol. The molecular weight excluding hydrogens is 359 g/mol. The van der Waals surface area contributed by atoms with Crippen LogP contribution in [0.25, 0.3) is 0 Å². The van der Waals surface area contributed by atoms with Crippen LogP contribution in [0, 0.1) is 22.2 Å². The van der Waals surface area contributed by atoms with Gasteiger partial charge in [-0.05, 0) is 18.9 Å². The number of amides is 1. The van der Waals surface area contributed by atoms with Gasteiger partial charge in [-0.1, -0.05) is 19.9 Å². The molecule has 0 unspecified atom stereocenters. The molecule has 27 heavy (non-hydrogen) atoms. The summed E-state index contributed by atoms with van der Waals surface area (Å²) in [4.78, 5) is 30.0. The van der Waals surface area contributed by atoms with Crippen molar-refractivity contribution in [2.75, 3.05) is 13.1 Å². The Bertz CT molecular complexity index is 883.